The van der Waals surface area contributed by atoms with Crippen molar-refractivity contribution in [3.05, 3.63) is 36.0 Å². The van der Waals surface area contributed by atoms with E-state index in [1.54, 1.807) is 31.2 Å². The fourth-order valence-electron chi connectivity index (χ4n) is 3.66. The number of rotatable bonds is 5. The molecule has 1 saturated carbocycles. The maximum Gasteiger partial charge on any atom is 0.260 e. The molecule has 1 aromatic carbocycles. The molecule has 0 unspecified atom stereocenters. The van der Waals surface area contributed by atoms with Crippen LogP contribution in [0.15, 0.2) is 33.7 Å². The summed E-state index contributed by atoms with van der Waals surface area (Å²) < 4.78 is 38.0. The van der Waals surface area contributed by atoms with Gasteiger partial charge in [0.05, 0.1) is 17.5 Å². The normalized spacial score (nSPS) is 24.5. The van der Waals surface area contributed by atoms with E-state index in [1.807, 2.05) is 0 Å². The van der Waals surface area contributed by atoms with Crippen LogP contribution in [0.4, 0.5) is 0 Å². The van der Waals surface area contributed by atoms with Crippen molar-refractivity contribution in [2.45, 2.75) is 55.6 Å². The van der Waals surface area contributed by atoms with Crippen molar-refractivity contribution in [2.24, 2.45) is 0 Å². The molecule has 1 aliphatic heterocycles. The number of ether oxygens (including phenoxy) is 1. The minimum absolute atomic E-state index is 0.0537. The average molecular weight is 393 g/mol. The first-order valence-corrected chi connectivity index (χ1v) is 10.6. The van der Waals surface area contributed by atoms with Gasteiger partial charge in [-0.1, -0.05) is 5.16 Å². The predicted molar refractivity (Wildman–Crippen MR) is 95.6 cm³/mol. The lowest BCUT2D eigenvalue weighted by atomic mass is 10.0. The molecule has 146 valence electrons. The van der Waals surface area contributed by atoms with E-state index in [1.165, 1.54) is 17.1 Å². The number of aliphatic hydroxyl groups is 1. The van der Waals surface area contributed by atoms with E-state index in [0.717, 1.165) is 12.8 Å². The second-order valence-corrected chi connectivity index (χ2v) is 9.20. The van der Waals surface area contributed by atoms with E-state index in [9.17, 15) is 13.5 Å². The molecule has 0 spiro atoms. The minimum atomic E-state index is -3.73. The smallest absolute Gasteiger partial charge is 0.260 e. The lowest BCUT2D eigenvalue weighted by molar-refractivity contribution is 0.0194. The van der Waals surface area contributed by atoms with Crippen molar-refractivity contribution in [1.82, 2.24) is 14.4 Å². The van der Waals surface area contributed by atoms with Gasteiger partial charge in [-0.15, -0.1) is 0 Å². The molecule has 0 radical (unpaired) electrons. The molecule has 2 aliphatic rings. The van der Waals surface area contributed by atoms with Gasteiger partial charge < -0.3 is 14.4 Å². The molecule has 27 heavy (non-hydrogen) atoms. The van der Waals surface area contributed by atoms with Crippen LogP contribution in [0, 0.1) is 6.92 Å². The molecule has 1 atom stereocenters. The third-order valence-corrected chi connectivity index (χ3v) is 7.06. The van der Waals surface area contributed by atoms with Crippen molar-refractivity contribution < 1.29 is 22.8 Å². The summed E-state index contributed by atoms with van der Waals surface area (Å²) in [7, 11) is -3.73. The molecule has 1 aromatic heterocycles. The predicted octanol–water partition coefficient (Wildman–Crippen LogP) is 1.98. The second kappa shape index (κ2) is 6.88. The monoisotopic (exact) mass is 393 g/mol. The molecule has 1 saturated heterocycles. The summed E-state index contributed by atoms with van der Waals surface area (Å²) in [4.78, 5) is 4.22. The number of benzene rings is 1. The highest BCUT2D eigenvalue weighted by atomic mass is 32.2. The molecular formula is C18H23N3O5S. The van der Waals surface area contributed by atoms with Gasteiger partial charge in [-0.05, 0) is 56.9 Å². The van der Waals surface area contributed by atoms with Crippen LogP contribution in [-0.2, 0) is 15.6 Å². The topological polar surface area (TPSA) is 106 Å². The lowest BCUT2D eigenvalue weighted by Gasteiger charge is -2.20. The molecule has 2 heterocycles. The Labute approximate surface area is 158 Å². The standard InChI is InChI=1S/C18H23N3O5S/c1-13-19-17(26-20-13)18(22)10-11-21(12-18)27(23,24)16-8-6-15(7-9-16)25-14-4-2-3-5-14/h6-9,14,22H,2-5,10-12H2,1H3/t18-/m0/s1. The van der Waals surface area contributed by atoms with Crippen LogP contribution in [0.25, 0.3) is 0 Å². The van der Waals surface area contributed by atoms with E-state index < -0.39 is 15.6 Å². The second-order valence-electron chi connectivity index (χ2n) is 7.26. The van der Waals surface area contributed by atoms with Crippen LogP contribution in [0.1, 0.15) is 43.8 Å². The lowest BCUT2D eigenvalue weighted by Crippen LogP contribution is -2.34. The van der Waals surface area contributed by atoms with Gasteiger partial charge in [-0.3, -0.25) is 0 Å². The third-order valence-electron chi connectivity index (χ3n) is 5.20. The number of aryl methyl sites for hydroxylation is 1. The van der Waals surface area contributed by atoms with Crippen molar-refractivity contribution >= 4 is 10.0 Å². The zero-order chi connectivity index (χ0) is 19.1. The highest BCUT2D eigenvalue weighted by Gasteiger charge is 2.46. The van der Waals surface area contributed by atoms with Crippen molar-refractivity contribution in [3.8, 4) is 5.75 Å². The number of β-amino-alcohol motifs (C(OH)–C–C–N with tert-alkyl or cyclic N) is 1. The number of sulfonamides is 1. The number of hydrogen-bond acceptors (Lipinski definition) is 7. The first kappa shape index (κ1) is 18.4. The fourth-order valence-corrected chi connectivity index (χ4v) is 5.16. The molecular weight excluding hydrogens is 370 g/mol. The van der Waals surface area contributed by atoms with E-state index >= 15 is 0 Å². The average Bonchev–Trinajstić information content (AvgIpc) is 3.38. The summed E-state index contributed by atoms with van der Waals surface area (Å²) in [6.07, 6.45) is 4.86. The van der Waals surface area contributed by atoms with Gasteiger partial charge in [0.1, 0.15) is 5.75 Å². The molecule has 4 rings (SSSR count). The highest BCUT2D eigenvalue weighted by molar-refractivity contribution is 7.89. The maximum absolute atomic E-state index is 12.9. The Kier molecular flexibility index (Phi) is 4.69. The Bertz CT molecular complexity index is 905. The van der Waals surface area contributed by atoms with Crippen LogP contribution in [0.2, 0.25) is 0 Å². The van der Waals surface area contributed by atoms with E-state index in [-0.39, 0.29) is 36.4 Å². The van der Waals surface area contributed by atoms with Crippen LogP contribution in [-0.4, -0.2) is 47.2 Å². The van der Waals surface area contributed by atoms with Crippen LogP contribution >= 0.6 is 0 Å². The zero-order valence-corrected chi connectivity index (χ0v) is 16.0. The van der Waals surface area contributed by atoms with E-state index in [0.29, 0.717) is 11.6 Å². The van der Waals surface area contributed by atoms with E-state index in [2.05, 4.69) is 10.1 Å². The Balaban J connectivity index is 1.48. The van der Waals surface area contributed by atoms with Crippen LogP contribution in [0.5, 0.6) is 5.75 Å². The molecule has 1 aliphatic carbocycles. The molecule has 2 aromatic rings. The molecule has 0 bridgehead atoms. The van der Waals surface area contributed by atoms with Gasteiger partial charge in [0, 0.05) is 13.0 Å². The summed E-state index contributed by atoms with van der Waals surface area (Å²) in [5.41, 5.74) is -1.46. The Morgan fingerprint density at radius 2 is 1.96 bits per heavy atom. The quantitative estimate of drug-likeness (QED) is 0.828. The molecule has 0 amide bonds. The van der Waals surface area contributed by atoms with Gasteiger partial charge in [0.2, 0.25) is 10.0 Å². The summed E-state index contributed by atoms with van der Waals surface area (Å²) >= 11 is 0. The van der Waals surface area contributed by atoms with E-state index in [4.69, 9.17) is 9.26 Å². The SMILES string of the molecule is Cc1noc([C@]2(O)CCN(S(=O)(=O)c3ccc(OC4CCCC4)cc3)C2)n1. The van der Waals surface area contributed by atoms with Crippen molar-refractivity contribution in [2.75, 3.05) is 13.1 Å². The van der Waals surface area contributed by atoms with Gasteiger partial charge >= 0.3 is 0 Å². The first-order valence-electron chi connectivity index (χ1n) is 9.17. The molecule has 2 fully saturated rings. The largest absolute Gasteiger partial charge is 0.490 e. The fraction of sp³-hybridized carbons (Fsp3) is 0.556. The number of hydrogen-bond donors (Lipinski definition) is 1. The Morgan fingerprint density at radius 1 is 1.26 bits per heavy atom. The Hall–Kier alpha value is -1.97. The molecule has 9 heteroatoms. The summed E-state index contributed by atoms with van der Waals surface area (Å²) in [6.45, 7) is 1.72. The summed E-state index contributed by atoms with van der Waals surface area (Å²) in [5, 5.41) is 14.4. The van der Waals surface area contributed by atoms with Gasteiger partial charge in [-0.2, -0.15) is 9.29 Å². The summed E-state index contributed by atoms with van der Waals surface area (Å²) in [5.74, 6) is 1.13. The Morgan fingerprint density at radius 3 is 2.59 bits per heavy atom. The van der Waals surface area contributed by atoms with Gasteiger partial charge in [0.25, 0.3) is 5.89 Å². The first-order chi connectivity index (χ1) is 12.9. The van der Waals surface area contributed by atoms with Crippen LogP contribution in [0.3, 0.4) is 0 Å². The minimum Gasteiger partial charge on any atom is -0.490 e. The van der Waals surface area contributed by atoms with Crippen LogP contribution < -0.4 is 4.74 Å². The molecule has 8 nitrogen and oxygen atoms in total. The molecule has 1 N–H and O–H groups in total. The van der Waals surface area contributed by atoms with Gasteiger partial charge in [-0.25, -0.2) is 8.42 Å². The van der Waals surface area contributed by atoms with Crippen molar-refractivity contribution in [3.63, 3.8) is 0 Å². The highest BCUT2D eigenvalue weighted by Crippen LogP contribution is 2.34. The number of aromatic nitrogens is 2. The summed E-state index contributed by atoms with van der Waals surface area (Å²) in [6, 6.07) is 6.48. The maximum atomic E-state index is 12.9. The third kappa shape index (κ3) is 3.59. The number of nitrogens with zero attached hydrogens (tertiary/aromatic N) is 3. The van der Waals surface area contributed by atoms with Crippen molar-refractivity contribution in [1.29, 1.82) is 0 Å². The zero-order valence-electron chi connectivity index (χ0n) is 15.2. The van der Waals surface area contributed by atoms with Gasteiger partial charge in [0.15, 0.2) is 11.4 Å².